The van der Waals surface area contributed by atoms with E-state index in [2.05, 4.69) is 0 Å². The van der Waals surface area contributed by atoms with Gasteiger partial charge < -0.3 is 4.74 Å². The molecule has 0 aliphatic rings. The maximum Gasteiger partial charge on any atom is 0.309 e. The van der Waals surface area contributed by atoms with Crippen molar-refractivity contribution in [1.82, 2.24) is 0 Å². The van der Waals surface area contributed by atoms with Crippen LogP contribution in [0.5, 0.6) is 0 Å². The lowest BCUT2D eigenvalue weighted by atomic mass is 10.1. The first-order valence-corrected chi connectivity index (χ1v) is 6.55. The fourth-order valence-corrected chi connectivity index (χ4v) is 1.84. The van der Waals surface area contributed by atoms with Crippen molar-refractivity contribution in [2.75, 3.05) is 0 Å². The van der Waals surface area contributed by atoms with E-state index in [1.807, 2.05) is 49.4 Å². The van der Waals surface area contributed by atoms with E-state index in [0.717, 1.165) is 11.1 Å². The van der Waals surface area contributed by atoms with Crippen molar-refractivity contribution in [3.05, 3.63) is 71.3 Å². The summed E-state index contributed by atoms with van der Waals surface area (Å²) < 4.78 is 19.0. The molecule has 0 amide bonds. The van der Waals surface area contributed by atoms with Crippen LogP contribution in [0.15, 0.2) is 54.6 Å². The molecule has 0 N–H and O–H groups in total. The molecule has 2 rings (SSSR count). The van der Waals surface area contributed by atoms with Crippen molar-refractivity contribution in [2.24, 2.45) is 0 Å². The molecule has 0 heterocycles. The highest BCUT2D eigenvalue weighted by atomic mass is 19.1. The predicted octanol–water partition coefficient (Wildman–Crippen LogP) is 4.14. The minimum atomic E-state index is -1.32. The maximum atomic E-state index is 13.9. The summed E-state index contributed by atoms with van der Waals surface area (Å²) in [6.07, 6.45) is -1.57. The molecule has 2 aromatic rings. The summed E-state index contributed by atoms with van der Waals surface area (Å²) in [4.78, 5) is 11.6. The number of carbonyl (C=O) groups is 1. The first kappa shape index (κ1) is 14.3. The van der Waals surface area contributed by atoms with Crippen molar-refractivity contribution >= 4 is 5.97 Å². The first-order chi connectivity index (χ1) is 9.65. The zero-order chi connectivity index (χ0) is 14.4. The number of hydrogen-bond acceptors (Lipinski definition) is 2. The van der Waals surface area contributed by atoms with Crippen LogP contribution in [0.2, 0.25) is 0 Å². The van der Waals surface area contributed by atoms with E-state index in [1.54, 1.807) is 12.1 Å². The normalized spacial score (nSPS) is 11.9. The number of alkyl halides is 1. The molecule has 0 radical (unpaired) electrons. The van der Waals surface area contributed by atoms with Gasteiger partial charge in [-0.05, 0) is 18.1 Å². The molecular formula is C17H17FO2. The molecule has 0 saturated heterocycles. The van der Waals surface area contributed by atoms with Crippen LogP contribution in [-0.4, -0.2) is 5.97 Å². The lowest BCUT2D eigenvalue weighted by Crippen LogP contribution is -2.08. The summed E-state index contributed by atoms with van der Waals surface area (Å²) in [5.74, 6) is -0.526. The van der Waals surface area contributed by atoms with Crippen LogP contribution in [0.4, 0.5) is 4.39 Å². The Bertz CT molecular complexity index is 549. The number of benzene rings is 2. The second-order valence-electron chi connectivity index (χ2n) is 4.73. The Labute approximate surface area is 118 Å². The van der Waals surface area contributed by atoms with Gasteiger partial charge in [0.05, 0.1) is 6.42 Å². The third-order valence-electron chi connectivity index (χ3n) is 3.03. The molecule has 2 aromatic carbocycles. The third kappa shape index (κ3) is 4.19. The molecule has 0 spiro atoms. The van der Waals surface area contributed by atoms with Crippen LogP contribution in [0.25, 0.3) is 0 Å². The van der Waals surface area contributed by atoms with Gasteiger partial charge in [-0.3, -0.25) is 4.79 Å². The number of hydrogen-bond donors (Lipinski definition) is 0. The van der Waals surface area contributed by atoms with Crippen molar-refractivity contribution < 1.29 is 13.9 Å². The first-order valence-electron chi connectivity index (χ1n) is 6.55. The molecule has 20 heavy (non-hydrogen) atoms. The molecule has 2 nitrogen and oxygen atoms in total. The lowest BCUT2D eigenvalue weighted by Gasteiger charge is -2.09. The summed E-state index contributed by atoms with van der Waals surface area (Å²) in [6, 6.07) is 16.4. The van der Waals surface area contributed by atoms with Gasteiger partial charge in [-0.1, -0.05) is 60.2 Å². The standard InChI is InChI=1S/C17H17FO2/c1-13-7-9-15(10-8-13)16(18)11-17(19)20-12-14-5-3-2-4-6-14/h2-10,16H,11-12H2,1H3/t16-/m0/s1. The maximum absolute atomic E-state index is 13.9. The number of aryl methyl sites for hydroxylation is 1. The molecule has 1 atom stereocenters. The summed E-state index contributed by atoms with van der Waals surface area (Å²) >= 11 is 0. The molecule has 104 valence electrons. The van der Waals surface area contributed by atoms with Crippen molar-refractivity contribution in [3.63, 3.8) is 0 Å². The number of ether oxygens (including phenoxy) is 1. The van der Waals surface area contributed by atoms with Gasteiger partial charge in [0, 0.05) is 0 Å². The zero-order valence-electron chi connectivity index (χ0n) is 11.4. The van der Waals surface area contributed by atoms with Crippen molar-refractivity contribution in [3.8, 4) is 0 Å². The van der Waals surface area contributed by atoms with Crippen molar-refractivity contribution in [1.29, 1.82) is 0 Å². The van der Waals surface area contributed by atoms with Crippen LogP contribution in [0.1, 0.15) is 29.3 Å². The second kappa shape index (κ2) is 6.85. The molecule has 0 fully saturated rings. The van der Waals surface area contributed by atoms with E-state index in [1.165, 1.54) is 0 Å². The average molecular weight is 272 g/mol. The largest absolute Gasteiger partial charge is 0.461 e. The molecule has 0 aliphatic heterocycles. The van der Waals surface area contributed by atoms with Gasteiger partial charge in [0.15, 0.2) is 0 Å². The van der Waals surface area contributed by atoms with Crippen LogP contribution in [0, 0.1) is 6.92 Å². The molecule has 0 aliphatic carbocycles. The van der Waals surface area contributed by atoms with E-state index in [9.17, 15) is 9.18 Å². The molecule has 3 heteroatoms. The molecule has 0 saturated carbocycles. The highest BCUT2D eigenvalue weighted by Gasteiger charge is 2.15. The summed E-state index contributed by atoms with van der Waals surface area (Å²) in [7, 11) is 0. The monoisotopic (exact) mass is 272 g/mol. The fraction of sp³-hybridized carbons (Fsp3) is 0.235. The summed E-state index contributed by atoms with van der Waals surface area (Å²) in [5.41, 5.74) is 2.46. The Morgan fingerprint density at radius 3 is 2.40 bits per heavy atom. The van der Waals surface area contributed by atoms with Crippen LogP contribution < -0.4 is 0 Å². The summed E-state index contributed by atoms with van der Waals surface area (Å²) in [5, 5.41) is 0. The minimum absolute atomic E-state index is 0.181. The highest BCUT2D eigenvalue weighted by molar-refractivity contribution is 5.70. The fourth-order valence-electron chi connectivity index (χ4n) is 1.84. The Kier molecular flexibility index (Phi) is 4.88. The van der Waals surface area contributed by atoms with Gasteiger partial charge in [-0.2, -0.15) is 0 Å². The van der Waals surface area contributed by atoms with Gasteiger partial charge in [-0.25, -0.2) is 4.39 Å². The molecular weight excluding hydrogens is 255 g/mol. The predicted molar refractivity (Wildman–Crippen MR) is 75.9 cm³/mol. The molecule has 0 bridgehead atoms. The van der Waals surface area contributed by atoms with Gasteiger partial charge in [0.1, 0.15) is 12.8 Å². The van der Waals surface area contributed by atoms with E-state index < -0.39 is 12.1 Å². The number of carbonyl (C=O) groups excluding carboxylic acids is 1. The van der Waals surface area contributed by atoms with Gasteiger partial charge in [-0.15, -0.1) is 0 Å². The highest BCUT2D eigenvalue weighted by Crippen LogP contribution is 2.22. The van der Waals surface area contributed by atoms with Crippen LogP contribution >= 0.6 is 0 Å². The van der Waals surface area contributed by atoms with Gasteiger partial charge in [0.2, 0.25) is 0 Å². The Morgan fingerprint density at radius 1 is 1.10 bits per heavy atom. The molecule has 0 aromatic heterocycles. The zero-order valence-corrected chi connectivity index (χ0v) is 11.4. The van der Waals surface area contributed by atoms with E-state index in [0.29, 0.717) is 5.56 Å². The molecule has 0 unspecified atom stereocenters. The van der Waals surface area contributed by atoms with E-state index in [4.69, 9.17) is 4.74 Å². The van der Waals surface area contributed by atoms with Crippen LogP contribution in [-0.2, 0) is 16.1 Å². The topological polar surface area (TPSA) is 26.3 Å². The number of halogens is 1. The van der Waals surface area contributed by atoms with E-state index in [-0.39, 0.29) is 13.0 Å². The smallest absolute Gasteiger partial charge is 0.309 e. The number of esters is 1. The Balaban J connectivity index is 1.83. The van der Waals surface area contributed by atoms with Gasteiger partial charge in [0.25, 0.3) is 0 Å². The number of rotatable bonds is 5. The summed E-state index contributed by atoms with van der Waals surface area (Å²) in [6.45, 7) is 2.12. The van der Waals surface area contributed by atoms with Gasteiger partial charge >= 0.3 is 5.97 Å². The minimum Gasteiger partial charge on any atom is -0.461 e. The lowest BCUT2D eigenvalue weighted by molar-refractivity contribution is -0.146. The Hall–Kier alpha value is -2.16. The SMILES string of the molecule is Cc1ccc([C@@H](F)CC(=O)OCc2ccccc2)cc1. The Morgan fingerprint density at radius 2 is 1.75 bits per heavy atom. The van der Waals surface area contributed by atoms with E-state index >= 15 is 0 Å². The second-order valence-corrected chi connectivity index (χ2v) is 4.73. The van der Waals surface area contributed by atoms with Crippen LogP contribution in [0.3, 0.4) is 0 Å². The average Bonchev–Trinajstić information content (AvgIpc) is 2.47. The van der Waals surface area contributed by atoms with Crippen molar-refractivity contribution in [2.45, 2.75) is 26.1 Å². The quantitative estimate of drug-likeness (QED) is 0.765. The third-order valence-corrected chi connectivity index (χ3v) is 3.03.